The Labute approximate surface area is 686 Å². The van der Waals surface area contributed by atoms with Gasteiger partial charge in [0.15, 0.2) is 0 Å². The summed E-state index contributed by atoms with van der Waals surface area (Å²) in [4.78, 5) is 0. The SMILES string of the molecule is CCC(C)(C)c1cc(C(C)c2cc(C(C)(C)CC)cc(C(C)(C)CC)c2OCCOCCOCCOCCOCCOCCOCCOCCOCCOCCOCCOCCOCCO)c(OCCOCCOCCOCCOCCOCCOCCOCCOCCOCCOCCOCCOCCO)c(C(C)(C)CC)c1. The molecule has 0 spiro atoms. The van der Waals surface area contributed by atoms with Crippen LogP contribution < -0.4 is 9.47 Å². The van der Waals surface area contributed by atoms with Crippen LogP contribution in [0.15, 0.2) is 24.3 Å². The van der Waals surface area contributed by atoms with Crippen molar-refractivity contribution in [3.8, 4) is 11.5 Å². The molecule has 2 aromatic carbocycles. The molecule has 0 aliphatic heterocycles. The van der Waals surface area contributed by atoms with E-state index in [1.165, 1.54) is 22.3 Å². The molecule has 28 heteroatoms. The predicted molar refractivity (Wildman–Crippen MR) is 438 cm³/mol. The third kappa shape index (κ3) is 54.3. The van der Waals surface area contributed by atoms with Crippen LogP contribution in [0.1, 0.15) is 155 Å². The van der Waals surface area contributed by atoms with Gasteiger partial charge in [0.25, 0.3) is 0 Å². The van der Waals surface area contributed by atoms with E-state index in [1.54, 1.807) is 0 Å². The zero-order chi connectivity index (χ0) is 83.0. The Morgan fingerprint density at radius 3 is 0.491 bits per heavy atom. The zero-order valence-corrected chi connectivity index (χ0v) is 73.0. The highest BCUT2D eigenvalue weighted by Crippen LogP contribution is 2.49. The normalized spacial score (nSPS) is 12.4. The van der Waals surface area contributed by atoms with Gasteiger partial charge in [0.1, 0.15) is 24.7 Å². The molecule has 0 unspecified atom stereocenters. The summed E-state index contributed by atoms with van der Waals surface area (Å²) in [6, 6.07) is 9.62. The average Bonchev–Trinajstić information content (AvgIpc) is 0.745. The summed E-state index contributed by atoms with van der Waals surface area (Å²) >= 11 is 0. The van der Waals surface area contributed by atoms with Crippen LogP contribution in [0.2, 0.25) is 0 Å². The van der Waals surface area contributed by atoms with E-state index in [0.29, 0.717) is 330 Å². The van der Waals surface area contributed by atoms with Gasteiger partial charge in [-0.25, -0.2) is 0 Å². The van der Waals surface area contributed by atoms with Gasteiger partial charge in [0.05, 0.1) is 330 Å². The molecule has 0 saturated carbocycles. The first-order chi connectivity index (χ1) is 55.5. The Kier molecular flexibility index (Phi) is 68.4. The summed E-state index contributed by atoms with van der Waals surface area (Å²) in [6.07, 6.45) is 3.81. The maximum atomic E-state index is 8.67. The topological polar surface area (TPSA) is 280 Å². The van der Waals surface area contributed by atoms with Crippen LogP contribution in [-0.4, -0.2) is 354 Å². The van der Waals surface area contributed by atoms with E-state index >= 15 is 0 Å². The summed E-state index contributed by atoms with van der Waals surface area (Å²) in [5.41, 5.74) is 6.71. The van der Waals surface area contributed by atoms with Crippen molar-refractivity contribution < 1.29 is 133 Å². The first kappa shape index (κ1) is 107. The van der Waals surface area contributed by atoms with E-state index < -0.39 is 0 Å². The standard InChI is InChI=1S/C86H158O28/c1-14-83(6,7)75-70-77(81(79(72-75)85(10,11)16-3)113-68-66-111-64-62-109-60-58-107-56-54-105-52-50-103-48-46-101-44-42-99-40-38-97-36-34-95-32-30-93-28-26-91-24-22-89-20-18-87)74(5)78-71-76(84(8,9)15-2)73-80(86(12,13)17-4)82(78)114-69-67-112-65-63-110-61-59-108-57-55-106-53-51-104-49-47-102-45-43-100-41-39-98-37-35-96-33-31-94-29-27-92-25-23-90-21-19-88/h70-74,87-88H,14-69H2,1-13H3. The van der Waals surface area contributed by atoms with Gasteiger partial charge >= 0.3 is 0 Å². The fourth-order valence-corrected chi connectivity index (χ4v) is 10.6. The van der Waals surface area contributed by atoms with E-state index in [0.717, 1.165) is 48.3 Å². The molecule has 0 atom stereocenters. The number of ether oxygens (including phenoxy) is 26. The highest BCUT2D eigenvalue weighted by molar-refractivity contribution is 5.58. The van der Waals surface area contributed by atoms with Crippen molar-refractivity contribution in [2.24, 2.45) is 0 Å². The molecule has 114 heavy (non-hydrogen) atoms. The Bertz CT molecular complexity index is 2300. The lowest BCUT2D eigenvalue weighted by molar-refractivity contribution is -0.0287. The number of benzene rings is 2. The molecule has 2 N–H and O–H groups in total. The lowest BCUT2D eigenvalue weighted by Gasteiger charge is -2.35. The van der Waals surface area contributed by atoms with Gasteiger partial charge in [-0.2, -0.15) is 0 Å². The molecule has 0 aliphatic carbocycles. The lowest BCUT2D eigenvalue weighted by atomic mass is 9.71. The summed E-state index contributed by atoms with van der Waals surface area (Å²) in [6.45, 7) is 53.0. The third-order valence-electron chi connectivity index (χ3n) is 19.3. The van der Waals surface area contributed by atoms with Crippen LogP contribution in [0.3, 0.4) is 0 Å². The molecule has 0 amide bonds. The van der Waals surface area contributed by atoms with E-state index in [-0.39, 0.29) is 40.8 Å². The largest absolute Gasteiger partial charge is 0.491 e. The highest BCUT2D eigenvalue weighted by Gasteiger charge is 2.35. The number of rotatable bonds is 88. The maximum Gasteiger partial charge on any atom is 0.126 e. The summed E-state index contributed by atoms with van der Waals surface area (Å²) in [5, 5.41) is 17.3. The Morgan fingerprint density at radius 2 is 0.351 bits per heavy atom. The molecule has 2 rings (SSSR count). The molecular formula is C86H158O28. The van der Waals surface area contributed by atoms with Crippen molar-refractivity contribution in [1.29, 1.82) is 0 Å². The minimum Gasteiger partial charge on any atom is -0.491 e. The van der Waals surface area contributed by atoms with Crippen molar-refractivity contribution in [3.63, 3.8) is 0 Å². The van der Waals surface area contributed by atoms with Crippen LogP contribution in [0.5, 0.6) is 11.5 Å². The van der Waals surface area contributed by atoms with Gasteiger partial charge in [-0.3, -0.25) is 0 Å². The average molecular weight is 1640 g/mol. The van der Waals surface area contributed by atoms with Crippen LogP contribution in [0.25, 0.3) is 0 Å². The van der Waals surface area contributed by atoms with E-state index in [4.69, 9.17) is 133 Å². The molecule has 0 aliphatic rings. The molecule has 2 aromatic rings. The van der Waals surface area contributed by atoms with Crippen LogP contribution in [-0.2, 0) is 135 Å². The van der Waals surface area contributed by atoms with Crippen LogP contribution >= 0.6 is 0 Å². The number of aliphatic hydroxyl groups excluding tert-OH is 2. The Balaban J connectivity index is 1.72. The summed E-state index contributed by atoms with van der Waals surface area (Å²) in [7, 11) is 0. The maximum absolute atomic E-state index is 8.67. The number of aliphatic hydroxyl groups is 2. The van der Waals surface area contributed by atoms with Gasteiger partial charge in [0, 0.05) is 28.2 Å². The van der Waals surface area contributed by atoms with Gasteiger partial charge in [0.2, 0.25) is 0 Å². The fraction of sp³-hybridized carbons (Fsp3) is 0.860. The van der Waals surface area contributed by atoms with Crippen molar-refractivity contribution in [1.82, 2.24) is 0 Å². The second-order valence-corrected chi connectivity index (χ2v) is 29.4. The molecule has 28 nitrogen and oxygen atoms in total. The number of hydrogen-bond acceptors (Lipinski definition) is 28. The zero-order valence-electron chi connectivity index (χ0n) is 73.0. The molecule has 670 valence electrons. The minimum atomic E-state index is -0.191. The van der Waals surface area contributed by atoms with Crippen molar-refractivity contribution in [3.05, 3.63) is 57.6 Å². The van der Waals surface area contributed by atoms with Crippen molar-refractivity contribution in [2.45, 2.75) is 143 Å². The number of hydrogen-bond donors (Lipinski definition) is 2. The van der Waals surface area contributed by atoms with E-state index in [9.17, 15) is 0 Å². The van der Waals surface area contributed by atoms with Gasteiger partial charge in [-0.05, 0) is 58.5 Å². The minimum absolute atomic E-state index is 0.0137. The predicted octanol–water partition coefficient (Wildman–Crippen LogP) is 9.73. The molecule has 0 bridgehead atoms. The lowest BCUT2D eigenvalue weighted by Crippen LogP contribution is -2.25. The van der Waals surface area contributed by atoms with Crippen LogP contribution in [0.4, 0.5) is 0 Å². The van der Waals surface area contributed by atoms with Gasteiger partial charge < -0.3 is 133 Å². The Morgan fingerprint density at radius 1 is 0.211 bits per heavy atom. The third-order valence-corrected chi connectivity index (χ3v) is 19.3. The summed E-state index contributed by atoms with van der Waals surface area (Å²) < 4.78 is 148. The first-order valence-corrected chi connectivity index (χ1v) is 42.2. The van der Waals surface area contributed by atoms with Crippen LogP contribution in [0, 0.1) is 0 Å². The smallest absolute Gasteiger partial charge is 0.126 e. The highest BCUT2D eigenvalue weighted by atomic mass is 16.6. The monoisotopic (exact) mass is 1640 g/mol. The molecular weight excluding hydrogens is 1480 g/mol. The molecule has 0 heterocycles. The van der Waals surface area contributed by atoms with E-state index in [1.807, 2.05) is 0 Å². The van der Waals surface area contributed by atoms with Crippen molar-refractivity contribution >= 4 is 0 Å². The Hall–Kier alpha value is -3.00. The van der Waals surface area contributed by atoms with Gasteiger partial charge in [-0.1, -0.05) is 114 Å². The van der Waals surface area contributed by atoms with E-state index in [2.05, 4.69) is 114 Å². The quantitative estimate of drug-likeness (QED) is 0.0583. The molecule has 0 fully saturated rings. The van der Waals surface area contributed by atoms with Gasteiger partial charge in [-0.15, -0.1) is 0 Å². The second-order valence-electron chi connectivity index (χ2n) is 29.4. The summed E-state index contributed by atoms with van der Waals surface area (Å²) in [5.74, 6) is 1.71. The molecule has 0 radical (unpaired) electrons. The second kappa shape index (κ2) is 72.8. The van der Waals surface area contributed by atoms with Crippen molar-refractivity contribution in [2.75, 3.05) is 344 Å². The first-order valence-electron chi connectivity index (χ1n) is 42.2. The molecule has 0 saturated heterocycles. The fourth-order valence-electron chi connectivity index (χ4n) is 10.6. The molecule has 0 aromatic heterocycles.